The molecule has 1 aliphatic rings. The van der Waals surface area contributed by atoms with Crippen molar-refractivity contribution >= 4 is 17.5 Å². The summed E-state index contributed by atoms with van der Waals surface area (Å²) in [5, 5.41) is 13.6. The van der Waals surface area contributed by atoms with E-state index in [9.17, 15) is 19.5 Å². The Labute approximate surface area is 227 Å². The van der Waals surface area contributed by atoms with Crippen molar-refractivity contribution in [2.45, 2.75) is 110 Å². The van der Waals surface area contributed by atoms with Gasteiger partial charge in [-0.15, -0.1) is 0 Å². The van der Waals surface area contributed by atoms with E-state index in [1.54, 1.807) is 36.4 Å². The van der Waals surface area contributed by atoms with Crippen molar-refractivity contribution in [2.24, 2.45) is 0 Å². The predicted octanol–water partition coefficient (Wildman–Crippen LogP) is 6.84. The molecule has 6 heteroatoms. The van der Waals surface area contributed by atoms with E-state index in [0.29, 0.717) is 12.8 Å². The highest BCUT2D eigenvalue weighted by Crippen LogP contribution is 2.43. The number of Topliss-reactive ketones (excluding diaryl/α,β-unsaturated/α-hetero) is 2. The molecule has 0 bridgehead atoms. The molecule has 0 fully saturated rings. The summed E-state index contributed by atoms with van der Waals surface area (Å²) in [6, 6.07) is 12.0. The van der Waals surface area contributed by atoms with Crippen LogP contribution in [0.3, 0.4) is 0 Å². The number of nitrogens with one attached hydrogen (secondary N) is 1. The maximum Gasteiger partial charge on any atom is 0.221 e. The smallest absolute Gasteiger partial charge is 0.221 e. The molecule has 6 nitrogen and oxygen atoms in total. The monoisotopic (exact) mass is 521 g/mol. The number of hydrogen-bond acceptors (Lipinski definition) is 5. The van der Waals surface area contributed by atoms with E-state index in [1.165, 1.54) is 0 Å². The zero-order valence-corrected chi connectivity index (χ0v) is 23.3. The standard InChI is InChI=1S/C32H43NO5/c1-5-7-9-11-17-28(34)33-32(30(36)24-15-13-14-16-25(24)31(32)37)26-20-19-23(22(3)4)21-27(26)38-29(35)18-12-10-8-6-2/h13-16,19-22,29,35H,5-12,17-18H2,1-4H3,(H,33,34). The first-order valence-electron chi connectivity index (χ1n) is 14.2. The molecule has 2 aromatic carbocycles. The lowest BCUT2D eigenvalue weighted by atomic mass is 9.82. The first-order chi connectivity index (χ1) is 18.3. The number of rotatable bonds is 15. The molecule has 0 spiro atoms. The molecule has 3 rings (SSSR count). The number of benzene rings is 2. The number of carbonyl (C=O) groups excluding carboxylic acids is 3. The van der Waals surface area contributed by atoms with Gasteiger partial charge in [0, 0.05) is 29.5 Å². The Morgan fingerprint density at radius 2 is 1.50 bits per heavy atom. The van der Waals surface area contributed by atoms with Gasteiger partial charge >= 0.3 is 0 Å². The molecule has 0 saturated heterocycles. The van der Waals surface area contributed by atoms with Crippen LogP contribution >= 0.6 is 0 Å². The van der Waals surface area contributed by atoms with E-state index < -0.39 is 23.4 Å². The Balaban J connectivity index is 2.04. The van der Waals surface area contributed by atoms with Crippen molar-refractivity contribution < 1.29 is 24.2 Å². The summed E-state index contributed by atoms with van der Waals surface area (Å²) in [5.41, 5.74) is -0.162. The number of amides is 1. The van der Waals surface area contributed by atoms with E-state index in [-0.39, 0.29) is 40.7 Å². The van der Waals surface area contributed by atoms with Crippen molar-refractivity contribution in [1.29, 1.82) is 0 Å². The summed E-state index contributed by atoms with van der Waals surface area (Å²) in [6.07, 6.45) is 7.16. The molecule has 0 heterocycles. The molecule has 2 N–H and O–H groups in total. The third-order valence-corrected chi connectivity index (χ3v) is 7.33. The number of ether oxygens (including phenoxy) is 1. The van der Waals surface area contributed by atoms with Gasteiger partial charge in [-0.3, -0.25) is 14.4 Å². The second-order valence-electron chi connectivity index (χ2n) is 10.6. The van der Waals surface area contributed by atoms with Crippen molar-refractivity contribution in [1.82, 2.24) is 5.32 Å². The second kappa shape index (κ2) is 13.7. The molecule has 38 heavy (non-hydrogen) atoms. The van der Waals surface area contributed by atoms with Crippen LogP contribution in [-0.2, 0) is 10.3 Å². The third-order valence-electron chi connectivity index (χ3n) is 7.33. The number of hydrogen-bond donors (Lipinski definition) is 2. The first-order valence-corrected chi connectivity index (χ1v) is 14.2. The van der Waals surface area contributed by atoms with E-state index in [4.69, 9.17) is 4.74 Å². The molecular weight excluding hydrogens is 478 g/mol. The molecule has 0 aromatic heterocycles. The lowest BCUT2D eigenvalue weighted by Gasteiger charge is -2.31. The van der Waals surface area contributed by atoms with Gasteiger partial charge in [-0.2, -0.15) is 0 Å². The summed E-state index contributed by atoms with van der Waals surface area (Å²) < 4.78 is 6.04. The Morgan fingerprint density at radius 3 is 2.08 bits per heavy atom. The summed E-state index contributed by atoms with van der Waals surface area (Å²) in [4.78, 5) is 41.2. The van der Waals surface area contributed by atoms with Gasteiger partial charge in [-0.25, -0.2) is 0 Å². The summed E-state index contributed by atoms with van der Waals surface area (Å²) in [5.74, 6) is -0.891. The maximum absolute atomic E-state index is 14.0. The zero-order valence-electron chi connectivity index (χ0n) is 23.3. The van der Waals surface area contributed by atoms with Gasteiger partial charge in [0.1, 0.15) is 5.75 Å². The quantitative estimate of drug-likeness (QED) is 0.152. The average molecular weight is 522 g/mol. The molecule has 0 saturated carbocycles. The van der Waals surface area contributed by atoms with Gasteiger partial charge in [-0.05, 0) is 30.4 Å². The van der Waals surface area contributed by atoms with Crippen molar-refractivity contribution in [3.8, 4) is 5.75 Å². The molecule has 2 aromatic rings. The van der Waals surface area contributed by atoms with Crippen LogP contribution in [0.15, 0.2) is 42.5 Å². The Bertz CT molecular complexity index is 1090. The zero-order chi connectivity index (χ0) is 27.7. The summed E-state index contributed by atoms with van der Waals surface area (Å²) in [7, 11) is 0. The van der Waals surface area contributed by atoms with Crippen LogP contribution in [0.2, 0.25) is 0 Å². The van der Waals surface area contributed by atoms with Gasteiger partial charge < -0.3 is 15.2 Å². The fraction of sp³-hybridized carbons (Fsp3) is 0.531. The molecular formula is C32H43NO5. The predicted molar refractivity (Wildman–Crippen MR) is 150 cm³/mol. The molecule has 0 radical (unpaired) electrons. The molecule has 1 amide bonds. The lowest BCUT2D eigenvalue weighted by molar-refractivity contribution is -0.122. The summed E-state index contributed by atoms with van der Waals surface area (Å²) >= 11 is 0. The fourth-order valence-electron chi connectivity index (χ4n) is 5.05. The largest absolute Gasteiger partial charge is 0.465 e. The number of unbranched alkanes of at least 4 members (excludes halogenated alkanes) is 6. The van der Waals surface area contributed by atoms with Crippen LogP contribution < -0.4 is 10.1 Å². The maximum atomic E-state index is 14.0. The van der Waals surface area contributed by atoms with E-state index in [2.05, 4.69) is 19.2 Å². The fourth-order valence-corrected chi connectivity index (χ4v) is 5.05. The first kappa shape index (κ1) is 29.6. The van der Waals surface area contributed by atoms with Crippen LogP contribution in [0.25, 0.3) is 0 Å². The highest BCUT2D eigenvalue weighted by atomic mass is 16.6. The van der Waals surface area contributed by atoms with E-state index >= 15 is 0 Å². The van der Waals surface area contributed by atoms with Crippen molar-refractivity contribution in [3.05, 3.63) is 64.7 Å². The van der Waals surface area contributed by atoms with Crippen LogP contribution in [0.1, 0.15) is 130 Å². The Morgan fingerprint density at radius 1 is 0.895 bits per heavy atom. The second-order valence-corrected chi connectivity index (χ2v) is 10.6. The SMILES string of the molecule is CCCCCCC(=O)NC1(c2ccc(C(C)C)cc2OC(O)CCCCCC)C(=O)c2ccccc2C1=O. The molecule has 1 aliphatic carbocycles. The van der Waals surface area contributed by atoms with Crippen LogP contribution in [0.5, 0.6) is 5.75 Å². The van der Waals surface area contributed by atoms with Gasteiger partial charge in [-0.1, -0.05) is 103 Å². The molecule has 1 unspecified atom stereocenters. The number of aliphatic hydroxyl groups is 1. The minimum Gasteiger partial charge on any atom is -0.465 e. The highest BCUT2D eigenvalue weighted by Gasteiger charge is 2.56. The van der Waals surface area contributed by atoms with Gasteiger partial charge in [0.25, 0.3) is 0 Å². The third kappa shape index (κ3) is 6.52. The number of ketones is 2. The lowest BCUT2D eigenvalue weighted by Crippen LogP contribution is -2.54. The number of carbonyl (C=O) groups is 3. The molecule has 1 atom stereocenters. The van der Waals surface area contributed by atoms with Crippen molar-refractivity contribution in [2.75, 3.05) is 0 Å². The topological polar surface area (TPSA) is 92.7 Å². The minimum absolute atomic E-state index is 0.157. The van der Waals surface area contributed by atoms with Gasteiger partial charge in [0.2, 0.25) is 17.5 Å². The summed E-state index contributed by atoms with van der Waals surface area (Å²) in [6.45, 7) is 8.30. The Kier molecular flexibility index (Phi) is 10.7. The van der Waals surface area contributed by atoms with E-state index in [0.717, 1.165) is 50.5 Å². The normalized spacial score (nSPS) is 15.0. The Hall–Kier alpha value is -2.99. The number of fused-ring (bicyclic) bond motifs is 1. The van der Waals surface area contributed by atoms with Crippen LogP contribution in [0, 0.1) is 0 Å². The van der Waals surface area contributed by atoms with Crippen LogP contribution in [0.4, 0.5) is 0 Å². The molecule has 0 aliphatic heterocycles. The molecule has 206 valence electrons. The average Bonchev–Trinajstić information content (AvgIpc) is 3.11. The van der Waals surface area contributed by atoms with E-state index in [1.807, 2.05) is 19.9 Å². The van der Waals surface area contributed by atoms with Crippen LogP contribution in [-0.4, -0.2) is 28.9 Å². The van der Waals surface area contributed by atoms with Crippen molar-refractivity contribution in [3.63, 3.8) is 0 Å². The highest BCUT2D eigenvalue weighted by molar-refractivity contribution is 6.34. The van der Waals surface area contributed by atoms with Gasteiger partial charge in [0.05, 0.1) is 0 Å². The minimum atomic E-state index is -1.93. The van der Waals surface area contributed by atoms with Gasteiger partial charge in [0.15, 0.2) is 11.8 Å². The number of aliphatic hydroxyl groups excluding tert-OH is 1.